The minimum atomic E-state index is -4.30. The van der Waals surface area contributed by atoms with Gasteiger partial charge in [-0.05, 0) is 80.3 Å². The Hall–Kier alpha value is -4.34. The Balaban J connectivity index is 1.85. The van der Waals surface area contributed by atoms with Crippen molar-refractivity contribution in [3.63, 3.8) is 0 Å². The van der Waals surface area contributed by atoms with E-state index >= 15 is 0 Å². The second kappa shape index (κ2) is 16.5. The van der Waals surface area contributed by atoms with E-state index in [4.69, 9.17) is 16.3 Å². The lowest BCUT2D eigenvalue weighted by Gasteiger charge is -2.35. The highest BCUT2D eigenvalue weighted by Gasteiger charge is 2.36. The molecule has 4 rings (SSSR count). The van der Waals surface area contributed by atoms with Crippen molar-refractivity contribution in [3.05, 3.63) is 125 Å². The molecule has 0 radical (unpaired) electrons. The van der Waals surface area contributed by atoms with Crippen molar-refractivity contribution in [2.75, 3.05) is 17.5 Å². The molecule has 0 aliphatic rings. The molecule has 4 aromatic carbocycles. The lowest BCUT2D eigenvalue weighted by atomic mass is 10.0. The molecule has 47 heavy (non-hydrogen) atoms. The first-order chi connectivity index (χ1) is 22.5. The van der Waals surface area contributed by atoms with Crippen LogP contribution in [0, 0.1) is 6.92 Å². The molecule has 0 aromatic heterocycles. The SMILES string of the molecule is CCOc1ccccc1N(CC(=O)N(Cc1ccccc1C)[C@H](Cc1ccccc1)C(=O)N[C@@H](C)CC)S(=O)(=O)c1ccc(Cl)cc1. The number of ether oxygens (including phenoxy) is 1. The van der Waals surface area contributed by atoms with Crippen LogP contribution >= 0.6 is 11.6 Å². The first-order valence-corrected chi connectivity index (χ1v) is 17.5. The molecule has 0 saturated carbocycles. The molecule has 2 atom stereocenters. The average molecular weight is 676 g/mol. The summed E-state index contributed by atoms with van der Waals surface area (Å²) in [6.07, 6.45) is 0.942. The summed E-state index contributed by atoms with van der Waals surface area (Å²) in [5.41, 5.74) is 2.86. The van der Waals surface area contributed by atoms with Gasteiger partial charge in [0.1, 0.15) is 18.3 Å². The summed E-state index contributed by atoms with van der Waals surface area (Å²) >= 11 is 6.09. The molecular weight excluding hydrogens is 634 g/mol. The fraction of sp³-hybridized carbons (Fsp3) is 0.297. The van der Waals surface area contributed by atoms with Gasteiger partial charge >= 0.3 is 0 Å². The fourth-order valence-corrected chi connectivity index (χ4v) is 6.70. The van der Waals surface area contributed by atoms with E-state index in [0.29, 0.717) is 17.2 Å². The highest BCUT2D eigenvalue weighted by Crippen LogP contribution is 2.33. The van der Waals surface area contributed by atoms with E-state index < -0.39 is 28.5 Å². The minimum Gasteiger partial charge on any atom is -0.492 e. The van der Waals surface area contributed by atoms with Gasteiger partial charge in [0.2, 0.25) is 11.8 Å². The first kappa shape index (κ1) is 35.5. The third kappa shape index (κ3) is 9.14. The number of halogens is 1. The van der Waals surface area contributed by atoms with Crippen molar-refractivity contribution in [2.24, 2.45) is 0 Å². The molecule has 0 saturated heterocycles. The van der Waals surface area contributed by atoms with Crippen LogP contribution in [0.4, 0.5) is 5.69 Å². The van der Waals surface area contributed by atoms with Crippen LogP contribution in [0.25, 0.3) is 0 Å². The highest BCUT2D eigenvalue weighted by atomic mass is 35.5. The summed E-state index contributed by atoms with van der Waals surface area (Å²) in [6, 6.07) is 28.6. The Morgan fingerprint density at radius 1 is 0.872 bits per heavy atom. The van der Waals surface area contributed by atoms with E-state index in [1.165, 1.54) is 29.2 Å². The second-order valence-electron chi connectivity index (χ2n) is 11.3. The van der Waals surface area contributed by atoms with Crippen molar-refractivity contribution in [1.82, 2.24) is 10.2 Å². The Morgan fingerprint density at radius 3 is 2.17 bits per heavy atom. The van der Waals surface area contributed by atoms with Crippen molar-refractivity contribution in [3.8, 4) is 5.75 Å². The van der Waals surface area contributed by atoms with Crippen LogP contribution in [0.15, 0.2) is 108 Å². The third-order valence-electron chi connectivity index (χ3n) is 7.99. The van der Waals surface area contributed by atoms with Gasteiger partial charge < -0.3 is 15.0 Å². The number of carbonyl (C=O) groups is 2. The van der Waals surface area contributed by atoms with Crippen molar-refractivity contribution in [1.29, 1.82) is 0 Å². The van der Waals surface area contributed by atoms with E-state index in [1.807, 2.05) is 75.4 Å². The summed E-state index contributed by atoms with van der Waals surface area (Å²) in [6.45, 7) is 7.43. The van der Waals surface area contributed by atoms with Crippen molar-refractivity contribution in [2.45, 2.75) is 64.1 Å². The van der Waals surface area contributed by atoms with Gasteiger partial charge in [0, 0.05) is 24.0 Å². The summed E-state index contributed by atoms with van der Waals surface area (Å²) < 4.78 is 35.5. The van der Waals surface area contributed by atoms with Gasteiger partial charge in [0.05, 0.1) is 17.2 Å². The van der Waals surface area contributed by atoms with Crippen LogP contribution in [0.5, 0.6) is 5.75 Å². The molecule has 248 valence electrons. The zero-order valence-electron chi connectivity index (χ0n) is 27.2. The van der Waals surface area contributed by atoms with Crippen LogP contribution in [-0.4, -0.2) is 50.4 Å². The van der Waals surface area contributed by atoms with E-state index in [9.17, 15) is 18.0 Å². The fourth-order valence-electron chi connectivity index (χ4n) is 5.15. The van der Waals surface area contributed by atoms with E-state index in [2.05, 4.69) is 5.32 Å². The summed E-state index contributed by atoms with van der Waals surface area (Å²) in [5, 5.41) is 3.44. The number of aryl methyl sites for hydroxylation is 1. The maximum Gasteiger partial charge on any atom is 0.264 e. The van der Waals surface area contributed by atoms with Crippen LogP contribution in [0.3, 0.4) is 0 Å². The zero-order chi connectivity index (χ0) is 34.0. The highest BCUT2D eigenvalue weighted by molar-refractivity contribution is 7.92. The smallest absolute Gasteiger partial charge is 0.264 e. The number of carbonyl (C=O) groups excluding carboxylic acids is 2. The lowest BCUT2D eigenvalue weighted by Crippen LogP contribution is -2.54. The molecule has 0 bridgehead atoms. The molecule has 4 aromatic rings. The molecule has 8 nitrogen and oxygen atoms in total. The van der Waals surface area contributed by atoms with Gasteiger partial charge in [0.15, 0.2) is 0 Å². The van der Waals surface area contributed by atoms with Crippen molar-refractivity contribution >= 4 is 39.1 Å². The number of para-hydroxylation sites is 2. The summed E-state index contributed by atoms with van der Waals surface area (Å²) in [4.78, 5) is 30.2. The molecule has 0 aliphatic heterocycles. The molecule has 1 N–H and O–H groups in total. The quantitative estimate of drug-likeness (QED) is 0.150. The number of hydrogen-bond donors (Lipinski definition) is 1. The Labute approximate surface area is 283 Å². The van der Waals surface area contributed by atoms with E-state index in [1.54, 1.807) is 31.2 Å². The Bertz CT molecular complexity index is 1750. The van der Waals surface area contributed by atoms with Gasteiger partial charge in [-0.2, -0.15) is 0 Å². The summed E-state index contributed by atoms with van der Waals surface area (Å²) in [5.74, 6) is -0.551. The number of benzene rings is 4. The molecule has 10 heteroatoms. The van der Waals surface area contributed by atoms with Gasteiger partial charge in [-0.15, -0.1) is 0 Å². The molecule has 0 fully saturated rings. The third-order valence-corrected chi connectivity index (χ3v) is 10.0. The van der Waals surface area contributed by atoms with Gasteiger partial charge in [-0.1, -0.05) is 85.3 Å². The predicted molar refractivity (Wildman–Crippen MR) is 187 cm³/mol. The number of sulfonamides is 1. The van der Waals surface area contributed by atoms with Crippen LogP contribution in [-0.2, 0) is 32.6 Å². The molecule has 0 spiro atoms. The van der Waals surface area contributed by atoms with E-state index in [0.717, 1.165) is 21.0 Å². The molecule has 0 heterocycles. The normalized spacial score (nSPS) is 12.5. The molecule has 2 amide bonds. The monoisotopic (exact) mass is 675 g/mol. The topological polar surface area (TPSA) is 96.0 Å². The second-order valence-corrected chi connectivity index (χ2v) is 13.6. The minimum absolute atomic E-state index is 0.0400. The van der Waals surface area contributed by atoms with Crippen LogP contribution < -0.4 is 14.4 Å². The number of rotatable bonds is 15. The maximum absolute atomic E-state index is 14.7. The number of amides is 2. The number of hydrogen-bond acceptors (Lipinski definition) is 5. The molecular formula is C37H42ClN3O5S. The molecule has 0 aliphatic carbocycles. The van der Waals surface area contributed by atoms with Gasteiger partial charge in [-0.3, -0.25) is 13.9 Å². The van der Waals surface area contributed by atoms with Crippen molar-refractivity contribution < 1.29 is 22.7 Å². The largest absolute Gasteiger partial charge is 0.492 e. The zero-order valence-corrected chi connectivity index (χ0v) is 28.8. The number of anilines is 1. The molecule has 0 unspecified atom stereocenters. The first-order valence-electron chi connectivity index (χ1n) is 15.7. The standard InChI is InChI=1S/C37H42ClN3O5S/c1-5-28(4)39-37(43)34(24-29-15-8-7-9-16-29)40(25-30-17-11-10-14-27(30)3)36(42)26-41(33-18-12-13-19-35(33)46-6-2)47(44,45)32-22-20-31(38)21-23-32/h7-23,28,34H,5-6,24-26H2,1-4H3,(H,39,43)/t28-,34+/m0/s1. The van der Waals surface area contributed by atoms with Crippen LogP contribution in [0.1, 0.15) is 43.9 Å². The van der Waals surface area contributed by atoms with E-state index in [-0.39, 0.29) is 42.1 Å². The van der Waals surface area contributed by atoms with Gasteiger partial charge in [-0.25, -0.2) is 8.42 Å². The summed E-state index contributed by atoms with van der Waals surface area (Å²) in [7, 11) is -4.30. The van der Waals surface area contributed by atoms with Gasteiger partial charge in [0.25, 0.3) is 10.0 Å². The van der Waals surface area contributed by atoms with Crippen LogP contribution in [0.2, 0.25) is 5.02 Å². The predicted octanol–water partition coefficient (Wildman–Crippen LogP) is 6.80. The lowest BCUT2D eigenvalue weighted by molar-refractivity contribution is -0.140. The Morgan fingerprint density at radius 2 is 1.51 bits per heavy atom. The average Bonchev–Trinajstić information content (AvgIpc) is 3.07. The maximum atomic E-state index is 14.7. The Kier molecular flexibility index (Phi) is 12.4. The number of nitrogens with one attached hydrogen (secondary N) is 1. The number of nitrogens with zero attached hydrogens (tertiary/aromatic N) is 2.